The smallest absolute Gasteiger partial charge is 0.322 e. The summed E-state index contributed by atoms with van der Waals surface area (Å²) in [4.78, 5) is 16.2. The summed E-state index contributed by atoms with van der Waals surface area (Å²) in [6.07, 6.45) is 0.782. The van der Waals surface area contributed by atoms with Crippen molar-refractivity contribution in [2.24, 2.45) is 0 Å². The third kappa shape index (κ3) is 3.18. The van der Waals surface area contributed by atoms with Crippen molar-refractivity contribution in [1.29, 1.82) is 0 Å². The van der Waals surface area contributed by atoms with E-state index in [2.05, 4.69) is 19.8 Å². The Bertz CT molecular complexity index is 529. The highest BCUT2D eigenvalue weighted by Gasteiger charge is 2.21. The van der Waals surface area contributed by atoms with Gasteiger partial charge in [0.25, 0.3) is 0 Å². The summed E-state index contributed by atoms with van der Waals surface area (Å²) in [5, 5.41) is 3.48. The molecule has 2 rings (SSSR count). The lowest BCUT2D eigenvalue weighted by molar-refractivity contribution is -0.137. The highest BCUT2D eigenvalue weighted by molar-refractivity contribution is 7.93. The van der Waals surface area contributed by atoms with Gasteiger partial charge in [-0.15, -0.1) is 0 Å². The van der Waals surface area contributed by atoms with Crippen molar-refractivity contribution in [3.8, 4) is 0 Å². The maximum atomic E-state index is 11.6. The van der Waals surface area contributed by atoms with E-state index >= 15 is 0 Å². The molecule has 0 spiro atoms. The molecule has 1 aliphatic rings. The van der Waals surface area contributed by atoms with E-state index in [-0.39, 0.29) is 0 Å². The molecular weight excluding hydrogens is 278 g/mol. The molecule has 0 bridgehead atoms. The summed E-state index contributed by atoms with van der Waals surface area (Å²) >= 11 is 1.28. The first kappa shape index (κ1) is 13.2. The Morgan fingerprint density at radius 1 is 1.61 bits per heavy atom. The number of methoxy groups -OCH3 is 1. The van der Waals surface area contributed by atoms with Gasteiger partial charge < -0.3 is 10.1 Å². The average Bonchev–Trinajstić information content (AvgIpc) is 2.68. The quantitative estimate of drug-likeness (QED) is 0.739. The van der Waals surface area contributed by atoms with Gasteiger partial charge in [0.1, 0.15) is 0 Å². The van der Waals surface area contributed by atoms with Gasteiger partial charge in [-0.1, -0.05) is 11.3 Å². The Morgan fingerprint density at radius 2 is 2.39 bits per heavy atom. The van der Waals surface area contributed by atoms with Gasteiger partial charge in [0.2, 0.25) is 10.0 Å². The van der Waals surface area contributed by atoms with E-state index in [1.807, 2.05) is 0 Å². The van der Waals surface area contributed by atoms with Crippen molar-refractivity contribution in [3.05, 3.63) is 10.6 Å². The summed E-state index contributed by atoms with van der Waals surface area (Å²) < 4.78 is 29.9. The molecule has 0 saturated carbocycles. The molecule has 1 aromatic heterocycles. The summed E-state index contributed by atoms with van der Waals surface area (Å²) in [5.41, 5.74) is 0.912. The number of hydrogen-bond donors (Lipinski definition) is 2. The molecule has 0 aromatic carbocycles. The molecule has 0 amide bonds. The van der Waals surface area contributed by atoms with Crippen LogP contribution in [0.15, 0.2) is 0 Å². The lowest BCUT2D eigenvalue weighted by Gasteiger charge is -2.09. The molecule has 0 aliphatic carbocycles. The first-order chi connectivity index (χ1) is 8.50. The topological polar surface area (TPSA) is 97.4 Å². The van der Waals surface area contributed by atoms with Crippen molar-refractivity contribution in [2.45, 2.75) is 13.0 Å². The SMILES string of the molecule is COC(=O)CS(=O)(=O)Nc1nc2c(s1)CNCC2. The van der Waals surface area contributed by atoms with E-state index in [1.165, 1.54) is 11.3 Å². The minimum absolute atomic E-state index is 0.299. The number of hydrogen-bond acceptors (Lipinski definition) is 7. The zero-order valence-corrected chi connectivity index (χ0v) is 11.4. The fourth-order valence-electron chi connectivity index (χ4n) is 1.55. The Hall–Kier alpha value is -1.19. The summed E-state index contributed by atoms with van der Waals surface area (Å²) in [6.45, 7) is 1.54. The standard InChI is InChI=1S/C9H13N3O4S2/c1-16-8(13)5-18(14,15)12-9-11-6-2-3-10-4-7(6)17-9/h10H,2-5H2,1H3,(H,11,12). The summed E-state index contributed by atoms with van der Waals surface area (Å²) in [5.74, 6) is -1.50. The third-order valence-corrected chi connectivity index (χ3v) is 4.64. The predicted molar refractivity (Wildman–Crippen MR) is 67.0 cm³/mol. The molecule has 0 saturated heterocycles. The van der Waals surface area contributed by atoms with Crippen LogP contribution in [0.25, 0.3) is 0 Å². The third-order valence-electron chi connectivity index (χ3n) is 2.38. The minimum atomic E-state index is -3.74. The van der Waals surface area contributed by atoms with E-state index in [0.29, 0.717) is 11.7 Å². The van der Waals surface area contributed by atoms with Gasteiger partial charge in [-0.25, -0.2) is 13.4 Å². The molecule has 0 fully saturated rings. The zero-order valence-electron chi connectivity index (χ0n) is 9.73. The van der Waals surface area contributed by atoms with Crippen LogP contribution < -0.4 is 10.0 Å². The van der Waals surface area contributed by atoms with Crippen LogP contribution in [0, 0.1) is 0 Å². The van der Waals surface area contributed by atoms with Crippen LogP contribution in [0.5, 0.6) is 0 Å². The van der Waals surface area contributed by atoms with E-state index in [9.17, 15) is 13.2 Å². The second kappa shape index (κ2) is 5.21. The fourth-order valence-corrected chi connectivity index (χ4v) is 3.74. The fraction of sp³-hybridized carbons (Fsp3) is 0.556. The molecular formula is C9H13N3O4S2. The predicted octanol–water partition coefficient (Wildman–Crippen LogP) is -0.297. The largest absolute Gasteiger partial charge is 0.468 e. The van der Waals surface area contributed by atoms with Gasteiger partial charge in [0, 0.05) is 24.4 Å². The number of esters is 1. The highest BCUT2D eigenvalue weighted by Crippen LogP contribution is 2.25. The van der Waals surface area contributed by atoms with Crippen LogP contribution in [0.1, 0.15) is 10.6 Å². The summed E-state index contributed by atoms with van der Waals surface area (Å²) in [7, 11) is -2.60. The Balaban J connectivity index is 2.09. The molecule has 2 heterocycles. The number of nitrogens with one attached hydrogen (secondary N) is 2. The van der Waals surface area contributed by atoms with Crippen LogP contribution in [0.2, 0.25) is 0 Å². The highest BCUT2D eigenvalue weighted by atomic mass is 32.2. The minimum Gasteiger partial charge on any atom is -0.468 e. The molecule has 7 nitrogen and oxygen atoms in total. The number of aromatic nitrogens is 1. The molecule has 100 valence electrons. The molecule has 1 aromatic rings. The first-order valence-corrected chi connectivity index (χ1v) is 7.73. The van der Waals surface area contributed by atoms with Gasteiger partial charge in [0.05, 0.1) is 12.8 Å². The van der Waals surface area contributed by atoms with Gasteiger partial charge in [-0.3, -0.25) is 9.52 Å². The van der Waals surface area contributed by atoms with Gasteiger partial charge >= 0.3 is 5.97 Å². The number of nitrogens with zero attached hydrogens (tertiary/aromatic N) is 1. The maximum absolute atomic E-state index is 11.6. The number of rotatable bonds is 4. The monoisotopic (exact) mass is 291 g/mol. The van der Waals surface area contributed by atoms with E-state index in [1.54, 1.807) is 0 Å². The zero-order chi connectivity index (χ0) is 13.2. The van der Waals surface area contributed by atoms with E-state index in [0.717, 1.165) is 30.6 Å². The Kier molecular flexibility index (Phi) is 3.83. The Labute approximate surface area is 109 Å². The average molecular weight is 291 g/mol. The second-order valence-corrected chi connectivity index (χ2v) is 6.56. The lowest BCUT2D eigenvalue weighted by Crippen LogP contribution is -2.23. The van der Waals surface area contributed by atoms with Crippen LogP contribution in [-0.2, 0) is 32.5 Å². The van der Waals surface area contributed by atoms with Crippen molar-refractivity contribution in [1.82, 2.24) is 10.3 Å². The van der Waals surface area contributed by atoms with Gasteiger partial charge in [0.15, 0.2) is 10.9 Å². The summed E-state index contributed by atoms with van der Waals surface area (Å²) in [6, 6.07) is 0. The molecule has 0 atom stereocenters. The molecule has 0 unspecified atom stereocenters. The van der Waals surface area contributed by atoms with Crippen molar-refractivity contribution >= 4 is 32.5 Å². The second-order valence-electron chi connectivity index (χ2n) is 3.75. The number of anilines is 1. The van der Waals surface area contributed by atoms with Crippen molar-refractivity contribution < 1.29 is 17.9 Å². The number of carbonyl (C=O) groups excluding carboxylic acids is 1. The molecule has 1 aliphatic heterocycles. The number of thiazole rings is 1. The number of fused-ring (bicyclic) bond motifs is 1. The number of carbonyl (C=O) groups is 1. The van der Waals surface area contributed by atoms with Gasteiger partial charge in [-0.2, -0.15) is 0 Å². The van der Waals surface area contributed by atoms with E-state index < -0.39 is 21.7 Å². The van der Waals surface area contributed by atoms with Crippen LogP contribution in [0.3, 0.4) is 0 Å². The normalized spacial score (nSPS) is 14.9. The van der Waals surface area contributed by atoms with E-state index in [4.69, 9.17) is 0 Å². The Morgan fingerprint density at radius 3 is 3.06 bits per heavy atom. The van der Waals surface area contributed by atoms with Crippen molar-refractivity contribution in [3.63, 3.8) is 0 Å². The molecule has 2 N–H and O–H groups in total. The molecule has 9 heteroatoms. The lowest BCUT2D eigenvalue weighted by atomic mass is 10.2. The molecule has 0 radical (unpaired) electrons. The van der Waals surface area contributed by atoms with Gasteiger partial charge in [-0.05, 0) is 0 Å². The number of ether oxygens (including phenoxy) is 1. The van der Waals surface area contributed by atoms with Crippen LogP contribution in [0.4, 0.5) is 5.13 Å². The van der Waals surface area contributed by atoms with Crippen LogP contribution >= 0.6 is 11.3 Å². The first-order valence-electron chi connectivity index (χ1n) is 5.27. The molecule has 18 heavy (non-hydrogen) atoms. The van der Waals surface area contributed by atoms with Crippen LogP contribution in [-0.4, -0.2) is 38.8 Å². The maximum Gasteiger partial charge on any atom is 0.322 e. The van der Waals surface area contributed by atoms with Crippen molar-refractivity contribution in [2.75, 3.05) is 24.1 Å². The number of sulfonamides is 1.